The summed E-state index contributed by atoms with van der Waals surface area (Å²) in [4.78, 5) is 27.5. The maximum atomic E-state index is 10.9. The molecule has 1 aromatic carbocycles. The third kappa shape index (κ3) is 2.39. The first kappa shape index (κ1) is 13.1. The van der Waals surface area contributed by atoms with Crippen molar-refractivity contribution < 1.29 is 24.6 Å². The molecule has 1 unspecified atom stereocenters. The van der Waals surface area contributed by atoms with Gasteiger partial charge in [-0.15, -0.1) is 11.3 Å². The van der Waals surface area contributed by atoms with Crippen LogP contribution in [0.2, 0.25) is 0 Å². The van der Waals surface area contributed by atoms with Crippen molar-refractivity contribution in [2.75, 3.05) is 5.23 Å². The molecule has 1 N–H and O–H groups in total. The van der Waals surface area contributed by atoms with Crippen LogP contribution in [0.5, 0.6) is 0 Å². The van der Waals surface area contributed by atoms with Crippen molar-refractivity contribution in [3.63, 3.8) is 0 Å². The Morgan fingerprint density at radius 3 is 2.95 bits per heavy atom. The third-order valence-electron chi connectivity index (χ3n) is 2.81. The summed E-state index contributed by atoms with van der Waals surface area (Å²) in [5.41, 5.74) is 1.64. The normalized spacial score (nSPS) is 18.4. The molecule has 6 nitrogen and oxygen atoms in total. The number of aryl methyl sites for hydroxylation is 1. The molecule has 0 amide bonds. The van der Waals surface area contributed by atoms with Crippen LogP contribution in [0.15, 0.2) is 35.7 Å². The number of thiophene rings is 1. The second-order valence-electron chi connectivity index (χ2n) is 4.19. The minimum Gasteiger partial charge on any atom is -0.478 e. The molecule has 0 spiro atoms. The van der Waals surface area contributed by atoms with E-state index in [1.165, 1.54) is 23.5 Å². The number of carboxylic acid groups (broad SMARTS) is 1. The molecule has 2 heterocycles. The van der Waals surface area contributed by atoms with Crippen LogP contribution >= 0.6 is 11.3 Å². The standard InChI is InChI=1S/C13H11NO5S/c1-8-5-6-20-11(8)13-17-14(19-18-13)10-4-2-3-9(7-10)12(15)16/h2-7,13H,1H3,(H,15,16). The number of benzene rings is 1. The maximum Gasteiger partial charge on any atom is 0.335 e. The van der Waals surface area contributed by atoms with Gasteiger partial charge in [-0.1, -0.05) is 16.3 Å². The molecular formula is C13H11NO5S. The van der Waals surface area contributed by atoms with Crippen molar-refractivity contribution >= 4 is 23.0 Å². The van der Waals surface area contributed by atoms with Gasteiger partial charge in [-0.3, -0.25) is 0 Å². The van der Waals surface area contributed by atoms with Gasteiger partial charge in [0.1, 0.15) is 0 Å². The molecule has 1 aromatic heterocycles. The highest BCUT2D eigenvalue weighted by Crippen LogP contribution is 2.35. The highest BCUT2D eigenvalue weighted by Gasteiger charge is 2.31. The topological polar surface area (TPSA) is 68.2 Å². The molecule has 20 heavy (non-hydrogen) atoms. The average Bonchev–Trinajstić information content (AvgIpc) is 3.07. The highest BCUT2D eigenvalue weighted by atomic mass is 32.1. The monoisotopic (exact) mass is 293 g/mol. The van der Waals surface area contributed by atoms with E-state index < -0.39 is 12.3 Å². The van der Waals surface area contributed by atoms with Crippen LogP contribution in [0, 0.1) is 6.92 Å². The van der Waals surface area contributed by atoms with Gasteiger partial charge < -0.3 is 5.11 Å². The van der Waals surface area contributed by atoms with Crippen molar-refractivity contribution in [2.24, 2.45) is 0 Å². The maximum absolute atomic E-state index is 10.9. The summed E-state index contributed by atoms with van der Waals surface area (Å²) in [5, 5.41) is 12.0. The van der Waals surface area contributed by atoms with Crippen LogP contribution in [0.3, 0.4) is 0 Å². The van der Waals surface area contributed by atoms with Crippen molar-refractivity contribution in [1.82, 2.24) is 0 Å². The number of hydrogen-bond acceptors (Lipinski definition) is 6. The number of carboxylic acids is 1. The van der Waals surface area contributed by atoms with Gasteiger partial charge in [-0.05, 0) is 42.1 Å². The van der Waals surface area contributed by atoms with Crippen LogP contribution in [-0.2, 0) is 14.7 Å². The first-order valence-electron chi connectivity index (χ1n) is 5.83. The van der Waals surface area contributed by atoms with E-state index in [-0.39, 0.29) is 5.56 Å². The quantitative estimate of drug-likeness (QED) is 0.877. The van der Waals surface area contributed by atoms with Crippen LogP contribution in [0.25, 0.3) is 0 Å². The summed E-state index contributed by atoms with van der Waals surface area (Å²) in [6.07, 6.45) is -0.650. The molecule has 1 aliphatic heterocycles. The Morgan fingerprint density at radius 2 is 2.25 bits per heavy atom. The lowest BCUT2D eigenvalue weighted by Crippen LogP contribution is -2.15. The molecular weight excluding hydrogens is 282 g/mol. The van der Waals surface area contributed by atoms with E-state index in [1.54, 1.807) is 12.1 Å². The fourth-order valence-corrected chi connectivity index (χ4v) is 2.64. The summed E-state index contributed by atoms with van der Waals surface area (Å²) in [7, 11) is 0. The molecule has 1 fully saturated rings. The van der Waals surface area contributed by atoms with Gasteiger partial charge in [0.15, 0.2) is 0 Å². The molecule has 3 rings (SSSR count). The van der Waals surface area contributed by atoms with Crippen LogP contribution < -0.4 is 5.23 Å². The lowest BCUT2D eigenvalue weighted by Gasteiger charge is -2.11. The highest BCUT2D eigenvalue weighted by molar-refractivity contribution is 7.10. The van der Waals surface area contributed by atoms with Crippen molar-refractivity contribution in [1.29, 1.82) is 0 Å². The molecule has 0 saturated carbocycles. The Hall–Kier alpha value is -1.93. The zero-order valence-electron chi connectivity index (χ0n) is 10.5. The lowest BCUT2D eigenvalue weighted by atomic mass is 10.2. The van der Waals surface area contributed by atoms with Gasteiger partial charge in [0.2, 0.25) is 0 Å². The van der Waals surface area contributed by atoms with Crippen LogP contribution in [0.4, 0.5) is 5.69 Å². The van der Waals surface area contributed by atoms with Crippen molar-refractivity contribution in [3.8, 4) is 0 Å². The summed E-state index contributed by atoms with van der Waals surface area (Å²) in [5.74, 6) is -1.02. The Morgan fingerprint density at radius 1 is 1.40 bits per heavy atom. The molecule has 7 heteroatoms. The van der Waals surface area contributed by atoms with Crippen molar-refractivity contribution in [3.05, 3.63) is 51.7 Å². The average molecular weight is 293 g/mol. The summed E-state index contributed by atoms with van der Waals surface area (Å²) < 4.78 is 0. The fourth-order valence-electron chi connectivity index (χ4n) is 1.77. The predicted molar refractivity (Wildman–Crippen MR) is 70.9 cm³/mol. The molecule has 0 aliphatic carbocycles. The first-order chi connectivity index (χ1) is 9.65. The van der Waals surface area contributed by atoms with Gasteiger partial charge >= 0.3 is 5.97 Å². The SMILES string of the molecule is Cc1ccsc1C1OON(c2cccc(C(=O)O)c2)O1. The summed E-state index contributed by atoms with van der Waals surface area (Å²) in [6, 6.07) is 8.16. The second-order valence-corrected chi connectivity index (χ2v) is 5.14. The van der Waals surface area contributed by atoms with E-state index in [2.05, 4.69) is 0 Å². The molecule has 1 aliphatic rings. The number of hydrogen-bond donors (Lipinski definition) is 1. The Kier molecular flexibility index (Phi) is 3.41. The number of aromatic carboxylic acids is 1. The van der Waals surface area contributed by atoms with Crippen LogP contribution in [-0.4, -0.2) is 11.1 Å². The second kappa shape index (κ2) is 5.22. The number of anilines is 1. The minimum atomic E-state index is -1.02. The van der Waals surface area contributed by atoms with E-state index in [9.17, 15) is 4.79 Å². The Bertz CT molecular complexity index is 641. The summed E-state index contributed by atoms with van der Waals surface area (Å²) >= 11 is 1.50. The Labute approximate surface area is 118 Å². The molecule has 1 atom stereocenters. The zero-order chi connectivity index (χ0) is 14.1. The van der Waals surface area contributed by atoms with E-state index in [1.807, 2.05) is 18.4 Å². The van der Waals surface area contributed by atoms with Gasteiger partial charge in [-0.25, -0.2) is 9.63 Å². The molecule has 0 bridgehead atoms. The van der Waals surface area contributed by atoms with E-state index in [0.29, 0.717) is 5.69 Å². The van der Waals surface area contributed by atoms with Gasteiger partial charge in [0.05, 0.1) is 16.1 Å². The zero-order valence-corrected chi connectivity index (χ0v) is 11.3. The molecule has 0 radical (unpaired) electrons. The third-order valence-corrected chi connectivity index (χ3v) is 3.85. The molecule has 104 valence electrons. The number of nitrogens with zero attached hydrogens (tertiary/aromatic N) is 1. The van der Waals surface area contributed by atoms with E-state index in [0.717, 1.165) is 15.7 Å². The molecule has 2 aromatic rings. The first-order valence-corrected chi connectivity index (χ1v) is 6.71. The van der Waals surface area contributed by atoms with Gasteiger partial charge in [0, 0.05) is 0 Å². The smallest absolute Gasteiger partial charge is 0.335 e. The number of rotatable bonds is 3. The minimum absolute atomic E-state index is 0.144. The predicted octanol–water partition coefficient (Wildman–Crippen LogP) is 3.07. The number of carbonyl (C=O) groups is 1. The largest absolute Gasteiger partial charge is 0.478 e. The van der Waals surface area contributed by atoms with E-state index >= 15 is 0 Å². The fraction of sp³-hybridized carbons (Fsp3) is 0.154. The Balaban J connectivity index is 1.79. The summed E-state index contributed by atoms with van der Waals surface area (Å²) in [6.45, 7) is 1.95. The van der Waals surface area contributed by atoms with Gasteiger partial charge in [0.25, 0.3) is 6.29 Å². The van der Waals surface area contributed by atoms with Gasteiger partial charge in [-0.2, -0.15) is 4.89 Å². The van der Waals surface area contributed by atoms with Crippen LogP contribution in [0.1, 0.15) is 27.1 Å². The molecule has 1 saturated heterocycles. The van der Waals surface area contributed by atoms with Crippen molar-refractivity contribution in [2.45, 2.75) is 13.2 Å². The van der Waals surface area contributed by atoms with E-state index in [4.69, 9.17) is 19.8 Å². The lowest BCUT2D eigenvalue weighted by molar-refractivity contribution is -0.285.